The van der Waals surface area contributed by atoms with E-state index in [-0.39, 0.29) is 6.04 Å². The molecule has 2 aromatic rings. The summed E-state index contributed by atoms with van der Waals surface area (Å²) < 4.78 is 1.81. The highest BCUT2D eigenvalue weighted by molar-refractivity contribution is 5.31. The van der Waals surface area contributed by atoms with E-state index in [1.807, 2.05) is 24.6 Å². The van der Waals surface area contributed by atoms with Crippen LogP contribution < -0.4 is 5.32 Å². The molecule has 2 heterocycles. The molecule has 0 saturated heterocycles. The lowest BCUT2D eigenvalue weighted by Gasteiger charge is -2.12. The number of anilines is 1. The van der Waals surface area contributed by atoms with E-state index >= 15 is 0 Å². The van der Waals surface area contributed by atoms with Crippen LogP contribution in [0.3, 0.4) is 0 Å². The van der Waals surface area contributed by atoms with Gasteiger partial charge in [-0.3, -0.25) is 0 Å². The quantitative estimate of drug-likeness (QED) is 0.830. The Labute approximate surface area is 98.2 Å². The van der Waals surface area contributed by atoms with E-state index < -0.39 is 0 Å². The molecule has 0 aliphatic carbocycles. The van der Waals surface area contributed by atoms with Crippen LogP contribution in [0.2, 0.25) is 0 Å². The monoisotopic (exact) mass is 229 g/mol. The van der Waals surface area contributed by atoms with Gasteiger partial charge in [0.15, 0.2) is 5.82 Å². The van der Waals surface area contributed by atoms with Gasteiger partial charge in [0, 0.05) is 13.2 Å². The van der Waals surface area contributed by atoms with Gasteiger partial charge in [-0.25, -0.2) is 9.97 Å². The third-order valence-corrected chi connectivity index (χ3v) is 2.25. The minimum atomic E-state index is -0.0866. The summed E-state index contributed by atoms with van der Waals surface area (Å²) in [6.45, 7) is 1.92. The molecule has 1 unspecified atom stereocenters. The summed E-state index contributed by atoms with van der Waals surface area (Å²) in [5.74, 6) is 1.18. The first-order valence-corrected chi connectivity index (χ1v) is 5.04. The van der Waals surface area contributed by atoms with Crippen LogP contribution in [0.1, 0.15) is 24.5 Å². The predicted molar refractivity (Wildman–Crippen MR) is 59.8 cm³/mol. The van der Waals surface area contributed by atoms with Gasteiger partial charge in [-0.2, -0.15) is 5.26 Å². The Bertz CT molecular complexity index is 554. The van der Waals surface area contributed by atoms with Gasteiger partial charge in [-0.05, 0) is 13.0 Å². The summed E-state index contributed by atoms with van der Waals surface area (Å²) >= 11 is 0. The van der Waals surface area contributed by atoms with Crippen molar-refractivity contribution in [1.29, 1.82) is 5.26 Å². The van der Waals surface area contributed by atoms with Crippen LogP contribution in [-0.4, -0.2) is 24.7 Å². The van der Waals surface area contributed by atoms with E-state index in [0.717, 1.165) is 5.82 Å². The Hall–Kier alpha value is -2.49. The summed E-state index contributed by atoms with van der Waals surface area (Å²) in [4.78, 5) is 8.07. The summed E-state index contributed by atoms with van der Waals surface area (Å²) in [5, 5.41) is 19.6. The lowest BCUT2D eigenvalue weighted by atomic mass is 10.3. The van der Waals surface area contributed by atoms with E-state index in [9.17, 15) is 0 Å². The minimum Gasteiger partial charge on any atom is -0.344 e. The maximum absolute atomic E-state index is 8.73. The van der Waals surface area contributed by atoms with Crippen LogP contribution in [0.5, 0.6) is 0 Å². The number of hydrogen-bond acceptors (Lipinski definition) is 6. The van der Waals surface area contributed by atoms with Crippen molar-refractivity contribution in [3.8, 4) is 6.07 Å². The molecule has 0 saturated carbocycles. The predicted octanol–water partition coefficient (Wildman–Crippen LogP) is 0.650. The zero-order chi connectivity index (χ0) is 12.3. The Balaban J connectivity index is 2.16. The van der Waals surface area contributed by atoms with Crippen LogP contribution in [0.25, 0.3) is 0 Å². The highest BCUT2D eigenvalue weighted by Crippen LogP contribution is 2.13. The first-order valence-electron chi connectivity index (χ1n) is 5.04. The summed E-state index contributed by atoms with van der Waals surface area (Å²) in [6, 6.07) is 3.43. The third kappa shape index (κ3) is 2.36. The SMILES string of the molecule is CC(Nc1nccc(C#N)n1)c1nncn1C. The minimum absolute atomic E-state index is 0.0866. The molecule has 7 nitrogen and oxygen atoms in total. The highest BCUT2D eigenvalue weighted by Gasteiger charge is 2.12. The Kier molecular flexibility index (Phi) is 2.96. The Morgan fingerprint density at radius 2 is 2.35 bits per heavy atom. The lowest BCUT2D eigenvalue weighted by molar-refractivity contribution is 0.712. The largest absolute Gasteiger partial charge is 0.344 e. The Morgan fingerprint density at radius 3 is 3.00 bits per heavy atom. The lowest BCUT2D eigenvalue weighted by Crippen LogP contribution is -2.13. The van der Waals surface area contributed by atoms with E-state index in [2.05, 4.69) is 25.5 Å². The molecule has 1 N–H and O–H groups in total. The number of rotatable bonds is 3. The molecule has 0 aromatic carbocycles. The second kappa shape index (κ2) is 4.57. The molecule has 0 bridgehead atoms. The molecule has 0 spiro atoms. The van der Waals surface area contributed by atoms with Gasteiger partial charge in [-0.15, -0.1) is 10.2 Å². The van der Waals surface area contributed by atoms with E-state index in [0.29, 0.717) is 11.6 Å². The molecular weight excluding hydrogens is 218 g/mol. The molecule has 1 atom stereocenters. The molecule has 2 aromatic heterocycles. The van der Waals surface area contributed by atoms with Crippen molar-refractivity contribution in [2.75, 3.05) is 5.32 Å². The van der Waals surface area contributed by atoms with Gasteiger partial charge in [0.05, 0.1) is 6.04 Å². The van der Waals surface area contributed by atoms with Crippen molar-refractivity contribution in [2.45, 2.75) is 13.0 Å². The van der Waals surface area contributed by atoms with E-state index in [1.165, 1.54) is 6.20 Å². The summed E-state index contributed by atoms with van der Waals surface area (Å²) in [5.41, 5.74) is 0.327. The number of nitriles is 1. The third-order valence-electron chi connectivity index (χ3n) is 2.25. The second-order valence-electron chi connectivity index (χ2n) is 3.54. The summed E-state index contributed by atoms with van der Waals surface area (Å²) in [6.07, 6.45) is 3.16. The van der Waals surface area contributed by atoms with Crippen LogP contribution in [0, 0.1) is 11.3 Å². The molecule has 0 radical (unpaired) electrons. The highest BCUT2D eigenvalue weighted by atomic mass is 15.3. The topological polar surface area (TPSA) is 92.3 Å². The standard InChI is InChI=1S/C10H11N7/c1-7(9-16-13-6-17(9)2)14-10-12-4-3-8(5-11)15-10/h3-4,6-7H,1-2H3,(H,12,14,15). The zero-order valence-electron chi connectivity index (χ0n) is 9.49. The summed E-state index contributed by atoms with van der Waals surface area (Å²) in [7, 11) is 1.86. The normalized spacial score (nSPS) is 11.8. The number of aryl methyl sites for hydroxylation is 1. The fourth-order valence-corrected chi connectivity index (χ4v) is 1.43. The van der Waals surface area contributed by atoms with Crippen molar-refractivity contribution in [3.63, 3.8) is 0 Å². The number of aromatic nitrogens is 5. The molecule has 17 heavy (non-hydrogen) atoms. The van der Waals surface area contributed by atoms with Gasteiger partial charge in [-0.1, -0.05) is 0 Å². The van der Waals surface area contributed by atoms with Crippen LogP contribution in [-0.2, 0) is 7.05 Å². The van der Waals surface area contributed by atoms with Crippen LogP contribution in [0.4, 0.5) is 5.95 Å². The van der Waals surface area contributed by atoms with Crippen molar-refractivity contribution in [2.24, 2.45) is 7.05 Å². The van der Waals surface area contributed by atoms with Crippen molar-refractivity contribution in [3.05, 3.63) is 30.1 Å². The first kappa shape index (κ1) is 11.0. The number of nitrogens with zero attached hydrogens (tertiary/aromatic N) is 6. The molecule has 0 aliphatic rings. The molecule has 0 amide bonds. The maximum Gasteiger partial charge on any atom is 0.224 e. The molecule has 0 aliphatic heterocycles. The van der Waals surface area contributed by atoms with Crippen molar-refractivity contribution in [1.82, 2.24) is 24.7 Å². The molecule has 0 fully saturated rings. The average molecular weight is 229 g/mol. The van der Waals surface area contributed by atoms with Crippen LogP contribution >= 0.6 is 0 Å². The molecule has 86 valence electrons. The zero-order valence-corrected chi connectivity index (χ0v) is 9.49. The second-order valence-corrected chi connectivity index (χ2v) is 3.54. The first-order chi connectivity index (χ1) is 8.20. The van der Waals surface area contributed by atoms with Gasteiger partial charge in [0.25, 0.3) is 0 Å². The fourth-order valence-electron chi connectivity index (χ4n) is 1.43. The Morgan fingerprint density at radius 1 is 1.53 bits per heavy atom. The van der Waals surface area contributed by atoms with Gasteiger partial charge in [0.2, 0.25) is 5.95 Å². The van der Waals surface area contributed by atoms with Crippen LogP contribution in [0.15, 0.2) is 18.6 Å². The van der Waals surface area contributed by atoms with Gasteiger partial charge in [0.1, 0.15) is 18.1 Å². The molecule has 2 rings (SSSR count). The smallest absolute Gasteiger partial charge is 0.224 e. The van der Waals surface area contributed by atoms with E-state index in [1.54, 1.807) is 12.4 Å². The number of nitrogens with one attached hydrogen (secondary N) is 1. The van der Waals surface area contributed by atoms with Gasteiger partial charge < -0.3 is 9.88 Å². The molecular formula is C10H11N7. The van der Waals surface area contributed by atoms with Gasteiger partial charge >= 0.3 is 0 Å². The maximum atomic E-state index is 8.73. The number of hydrogen-bond donors (Lipinski definition) is 1. The van der Waals surface area contributed by atoms with Crippen molar-refractivity contribution < 1.29 is 0 Å². The van der Waals surface area contributed by atoms with Crippen molar-refractivity contribution >= 4 is 5.95 Å². The average Bonchev–Trinajstić information content (AvgIpc) is 2.76. The fraction of sp³-hybridized carbons (Fsp3) is 0.300. The van der Waals surface area contributed by atoms with E-state index in [4.69, 9.17) is 5.26 Å². The molecule has 7 heteroatoms.